The fourth-order valence-electron chi connectivity index (χ4n) is 3.40. The van der Waals surface area contributed by atoms with Crippen LogP contribution in [0.25, 0.3) is 0 Å². The lowest BCUT2D eigenvalue weighted by Crippen LogP contribution is -2.44. The maximum atomic E-state index is 12.9. The van der Waals surface area contributed by atoms with Crippen LogP contribution in [0.15, 0.2) is 5.38 Å². The van der Waals surface area contributed by atoms with Gasteiger partial charge in [-0.25, -0.2) is 26.5 Å². The minimum absolute atomic E-state index is 0.145. The molecule has 1 saturated carbocycles. The molecule has 0 N–H and O–H groups in total. The molecule has 0 aromatic carbocycles. The number of hydrogen-bond donors (Lipinski definition) is 0. The summed E-state index contributed by atoms with van der Waals surface area (Å²) in [7, 11) is -3.45. The van der Waals surface area contributed by atoms with Gasteiger partial charge >= 0.3 is 0 Å². The molecule has 2 aliphatic rings. The SMILES string of the molecule is Cc1nc(CN2CCCN(S(=O)(=O)CC3CC(F)(F)C3)CC2)cs1. The van der Waals surface area contributed by atoms with E-state index in [2.05, 4.69) is 9.88 Å². The summed E-state index contributed by atoms with van der Waals surface area (Å²) in [5.74, 6) is -3.21. The number of hydrogen-bond acceptors (Lipinski definition) is 5. The van der Waals surface area contributed by atoms with Gasteiger partial charge in [-0.3, -0.25) is 4.90 Å². The molecule has 1 saturated heterocycles. The third kappa shape index (κ3) is 4.50. The molecule has 0 amide bonds. The average molecular weight is 379 g/mol. The monoisotopic (exact) mass is 379 g/mol. The molecule has 0 radical (unpaired) electrons. The quantitative estimate of drug-likeness (QED) is 0.788. The van der Waals surface area contributed by atoms with Crippen LogP contribution >= 0.6 is 11.3 Å². The lowest BCUT2D eigenvalue weighted by atomic mass is 9.83. The fraction of sp³-hybridized carbons (Fsp3) is 0.800. The minimum Gasteiger partial charge on any atom is -0.296 e. The number of aromatic nitrogens is 1. The van der Waals surface area contributed by atoms with Gasteiger partial charge in [-0.05, 0) is 25.8 Å². The van der Waals surface area contributed by atoms with Gasteiger partial charge in [-0.1, -0.05) is 0 Å². The topological polar surface area (TPSA) is 53.5 Å². The Hall–Kier alpha value is -0.640. The highest BCUT2D eigenvalue weighted by Crippen LogP contribution is 2.43. The van der Waals surface area contributed by atoms with Crippen LogP contribution in [-0.4, -0.2) is 60.5 Å². The second-order valence-corrected chi connectivity index (χ2v) is 9.87. The Balaban J connectivity index is 1.52. The van der Waals surface area contributed by atoms with Crippen molar-refractivity contribution in [2.24, 2.45) is 5.92 Å². The summed E-state index contributed by atoms with van der Waals surface area (Å²) in [6.07, 6.45) is 0.161. The molecule has 1 aromatic rings. The van der Waals surface area contributed by atoms with E-state index in [1.54, 1.807) is 11.3 Å². The van der Waals surface area contributed by atoms with Gasteiger partial charge in [0, 0.05) is 44.4 Å². The van der Waals surface area contributed by atoms with Crippen LogP contribution in [0.2, 0.25) is 0 Å². The average Bonchev–Trinajstić information content (AvgIpc) is 2.70. The molecule has 0 atom stereocenters. The molecule has 2 fully saturated rings. The van der Waals surface area contributed by atoms with E-state index in [0.29, 0.717) is 19.6 Å². The number of thiazole rings is 1. The number of rotatable bonds is 5. The molecule has 24 heavy (non-hydrogen) atoms. The number of alkyl halides is 2. The van der Waals surface area contributed by atoms with Crippen molar-refractivity contribution < 1.29 is 17.2 Å². The molecule has 136 valence electrons. The van der Waals surface area contributed by atoms with E-state index in [1.165, 1.54) is 4.31 Å². The Bertz CT molecular complexity index is 670. The Labute approximate surface area is 145 Å². The maximum absolute atomic E-state index is 12.9. The van der Waals surface area contributed by atoms with Gasteiger partial charge in [0.05, 0.1) is 16.5 Å². The lowest BCUT2D eigenvalue weighted by Gasteiger charge is -2.35. The highest BCUT2D eigenvalue weighted by atomic mass is 32.2. The predicted octanol–water partition coefficient (Wildman–Crippen LogP) is 2.33. The fourth-order valence-corrected chi connectivity index (χ4v) is 5.81. The van der Waals surface area contributed by atoms with E-state index in [4.69, 9.17) is 0 Å². The van der Waals surface area contributed by atoms with E-state index in [0.717, 1.165) is 30.2 Å². The van der Waals surface area contributed by atoms with Crippen molar-refractivity contribution in [3.05, 3.63) is 16.1 Å². The molecule has 0 unspecified atom stereocenters. The highest BCUT2D eigenvalue weighted by Gasteiger charge is 2.47. The van der Waals surface area contributed by atoms with Gasteiger partial charge < -0.3 is 0 Å². The summed E-state index contributed by atoms with van der Waals surface area (Å²) in [6, 6.07) is 0. The first-order chi connectivity index (χ1) is 11.2. The molecule has 1 aromatic heterocycles. The first kappa shape index (κ1) is 18.2. The second-order valence-electron chi connectivity index (χ2n) is 6.80. The first-order valence-electron chi connectivity index (χ1n) is 8.22. The van der Waals surface area contributed by atoms with Crippen molar-refractivity contribution >= 4 is 21.4 Å². The van der Waals surface area contributed by atoms with E-state index >= 15 is 0 Å². The van der Waals surface area contributed by atoms with Crippen molar-refractivity contribution in [2.45, 2.75) is 38.7 Å². The summed E-state index contributed by atoms with van der Waals surface area (Å²) >= 11 is 1.61. The number of nitrogens with zero attached hydrogens (tertiary/aromatic N) is 3. The summed E-state index contributed by atoms with van der Waals surface area (Å²) in [4.78, 5) is 6.66. The zero-order valence-corrected chi connectivity index (χ0v) is 15.4. The Morgan fingerprint density at radius 1 is 1.29 bits per heavy atom. The molecule has 1 aliphatic carbocycles. The normalized spacial score (nSPS) is 23.8. The van der Waals surface area contributed by atoms with Crippen LogP contribution in [0, 0.1) is 12.8 Å². The van der Waals surface area contributed by atoms with Crippen LogP contribution in [0.1, 0.15) is 30.0 Å². The van der Waals surface area contributed by atoms with Crippen LogP contribution in [0.3, 0.4) is 0 Å². The summed E-state index contributed by atoms with van der Waals surface area (Å²) in [5.41, 5.74) is 1.02. The standard InChI is InChI=1S/C15H23F2N3O2S2/c1-12-18-14(10-23-12)9-19-3-2-4-20(6-5-19)24(21,22)11-13-7-15(16,17)8-13/h10,13H,2-9,11H2,1H3. The number of aryl methyl sites for hydroxylation is 1. The van der Waals surface area contributed by atoms with E-state index in [9.17, 15) is 17.2 Å². The van der Waals surface area contributed by atoms with Gasteiger partial charge in [0.1, 0.15) is 0 Å². The zero-order valence-electron chi connectivity index (χ0n) is 13.7. The molecule has 2 heterocycles. The summed E-state index contributed by atoms with van der Waals surface area (Å²) in [6.45, 7) is 5.06. The number of sulfonamides is 1. The van der Waals surface area contributed by atoms with E-state index < -0.39 is 21.9 Å². The Morgan fingerprint density at radius 3 is 2.67 bits per heavy atom. The first-order valence-corrected chi connectivity index (χ1v) is 10.7. The van der Waals surface area contributed by atoms with Crippen molar-refractivity contribution in [1.82, 2.24) is 14.2 Å². The Kier molecular flexibility index (Phi) is 5.25. The van der Waals surface area contributed by atoms with Crippen molar-refractivity contribution in [2.75, 3.05) is 31.9 Å². The molecule has 0 spiro atoms. The van der Waals surface area contributed by atoms with Gasteiger partial charge in [-0.2, -0.15) is 0 Å². The van der Waals surface area contributed by atoms with Crippen LogP contribution in [0.5, 0.6) is 0 Å². The number of halogens is 2. The molecular formula is C15H23F2N3O2S2. The molecule has 0 bridgehead atoms. The molecule has 1 aliphatic heterocycles. The van der Waals surface area contributed by atoms with Crippen LogP contribution in [0.4, 0.5) is 8.78 Å². The second kappa shape index (κ2) is 6.93. The molecule has 5 nitrogen and oxygen atoms in total. The summed E-state index contributed by atoms with van der Waals surface area (Å²) in [5, 5.41) is 3.06. The van der Waals surface area contributed by atoms with Crippen LogP contribution < -0.4 is 0 Å². The van der Waals surface area contributed by atoms with E-state index in [1.807, 2.05) is 12.3 Å². The van der Waals surface area contributed by atoms with Gasteiger partial charge in [0.15, 0.2) is 0 Å². The third-order valence-electron chi connectivity index (χ3n) is 4.61. The predicted molar refractivity (Wildman–Crippen MR) is 89.8 cm³/mol. The van der Waals surface area contributed by atoms with E-state index in [-0.39, 0.29) is 18.6 Å². The molecule has 3 rings (SSSR count). The molecule has 9 heteroatoms. The minimum atomic E-state index is -3.45. The smallest absolute Gasteiger partial charge is 0.248 e. The summed E-state index contributed by atoms with van der Waals surface area (Å²) < 4.78 is 52.2. The highest BCUT2D eigenvalue weighted by molar-refractivity contribution is 7.89. The lowest BCUT2D eigenvalue weighted by molar-refractivity contribution is -0.103. The Morgan fingerprint density at radius 2 is 2.04 bits per heavy atom. The molecular weight excluding hydrogens is 356 g/mol. The van der Waals surface area contributed by atoms with Crippen molar-refractivity contribution in [3.8, 4) is 0 Å². The third-order valence-corrected chi connectivity index (χ3v) is 7.48. The maximum Gasteiger partial charge on any atom is 0.248 e. The van der Waals surface area contributed by atoms with Gasteiger partial charge in [0.25, 0.3) is 0 Å². The van der Waals surface area contributed by atoms with Crippen molar-refractivity contribution in [1.29, 1.82) is 0 Å². The van der Waals surface area contributed by atoms with Gasteiger partial charge in [0.2, 0.25) is 15.9 Å². The van der Waals surface area contributed by atoms with Crippen LogP contribution in [-0.2, 0) is 16.6 Å². The van der Waals surface area contributed by atoms with Gasteiger partial charge in [-0.15, -0.1) is 11.3 Å². The zero-order chi connectivity index (χ0) is 17.4. The van der Waals surface area contributed by atoms with Crippen molar-refractivity contribution in [3.63, 3.8) is 0 Å². The largest absolute Gasteiger partial charge is 0.296 e.